The van der Waals surface area contributed by atoms with E-state index in [9.17, 15) is 10.1 Å². The van der Waals surface area contributed by atoms with Crippen LogP contribution in [-0.2, 0) is 6.54 Å². The molecule has 1 aromatic carbocycles. The molecule has 3 rings (SSSR count). The monoisotopic (exact) mass is 283 g/mol. The molecule has 0 fully saturated rings. The summed E-state index contributed by atoms with van der Waals surface area (Å²) >= 11 is 0. The van der Waals surface area contributed by atoms with Crippen LogP contribution in [0.5, 0.6) is 0 Å². The van der Waals surface area contributed by atoms with Gasteiger partial charge in [0.2, 0.25) is 0 Å². The standard InChI is InChI=1S/C14H13N5O2/c20-19(21)14-11-3-1-6-15-12(11)4-5-13(14)16-8-10-18-9-2-7-17-18/h1-7,9,16H,8,10H2. The summed E-state index contributed by atoms with van der Waals surface area (Å²) in [6, 6.07) is 8.71. The Morgan fingerprint density at radius 3 is 2.90 bits per heavy atom. The van der Waals surface area contributed by atoms with E-state index in [-0.39, 0.29) is 10.6 Å². The van der Waals surface area contributed by atoms with Gasteiger partial charge >= 0.3 is 5.69 Å². The quantitative estimate of drug-likeness (QED) is 0.574. The first-order chi connectivity index (χ1) is 10.3. The van der Waals surface area contributed by atoms with Crippen LogP contribution in [0.25, 0.3) is 10.9 Å². The Kier molecular flexibility index (Phi) is 3.46. The van der Waals surface area contributed by atoms with Gasteiger partial charge in [0.1, 0.15) is 5.69 Å². The molecule has 0 aliphatic heterocycles. The van der Waals surface area contributed by atoms with Gasteiger partial charge in [-0.05, 0) is 30.3 Å². The first kappa shape index (κ1) is 13.0. The van der Waals surface area contributed by atoms with E-state index in [1.807, 2.05) is 12.3 Å². The first-order valence-corrected chi connectivity index (χ1v) is 6.49. The van der Waals surface area contributed by atoms with Crippen molar-refractivity contribution < 1.29 is 4.92 Å². The molecule has 2 aromatic heterocycles. The van der Waals surface area contributed by atoms with Crippen LogP contribution >= 0.6 is 0 Å². The van der Waals surface area contributed by atoms with E-state index in [0.717, 1.165) is 0 Å². The van der Waals surface area contributed by atoms with Crippen molar-refractivity contribution in [3.05, 3.63) is 59.0 Å². The van der Waals surface area contributed by atoms with E-state index in [1.54, 1.807) is 41.3 Å². The summed E-state index contributed by atoms with van der Waals surface area (Å²) in [6.45, 7) is 1.18. The van der Waals surface area contributed by atoms with Crippen LogP contribution in [0.1, 0.15) is 0 Å². The number of nitro benzene ring substituents is 1. The molecule has 0 bridgehead atoms. The molecule has 1 N–H and O–H groups in total. The van der Waals surface area contributed by atoms with Gasteiger partial charge in [0.15, 0.2) is 0 Å². The highest BCUT2D eigenvalue weighted by Gasteiger charge is 2.18. The summed E-state index contributed by atoms with van der Waals surface area (Å²) in [7, 11) is 0. The van der Waals surface area contributed by atoms with Crippen LogP contribution in [0, 0.1) is 10.1 Å². The smallest absolute Gasteiger partial charge is 0.301 e. The van der Waals surface area contributed by atoms with Crippen molar-refractivity contribution in [2.75, 3.05) is 11.9 Å². The molecule has 7 heteroatoms. The number of aromatic nitrogens is 3. The molecular weight excluding hydrogens is 270 g/mol. The van der Waals surface area contributed by atoms with Crippen molar-refractivity contribution in [2.24, 2.45) is 0 Å². The Balaban J connectivity index is 1.87. The number of nitrogens with zero attached hydrogens (tertiary/aromatic N) is 4. The maximum atomic E-state index is 11.3. The maximum absolute atomic E-state index is 11.3. The lowest BCUT2D eigenvalue weighted by atomic mass is 10.1. The second-order valence-corrected chi connectivity index (χ2v) is 4.48. The molecule has 106 valence electrons. The lowest BCUT2D eigenvalue weighted by Crippen LogP contribution is -2.12. The third kappa shape index (κ3) is 2.66. The number of anilines is 1. The van der Waals surface area contributed by atoms with Crippen molar-refractivity contribution in [3.63, 3.8) is 0 Å². The Morgan fingerprint density at radius 2 is 2.14 bits per heavy atom. The highest BCUT2D eigenvalue weighted by Crippen LogP contribution is 2.32. The zero-order valence-corrected chi connectivity index (χ0v) is 11.1. The predicted molar refractivity (Wildman–Crippen MR) is 79.1 cm³/mol. The molecule has 2 heterocycles. The van der Waals surface area contributed by atoms with Gasteiger partial charge in [0, 0.05) is 25.1 Å². The van der Waals surface area contributed by atoms with Crippen molar-refractivity contribution in [1.29, 1.82) is 0 Å². The number of rotatable bonds is 5. The summed E-state index contributed by atoms with van der Waals surface area (Å²) < 4.78 is 1.77. The second-order valence-electron chi connectivity index (χ2n) is 4.48. The minimum absolute atomic E-state index is 0.0565. The third-order valence-electron chi connectivity index (χ3n) is 3.15. The second kappa shape index (κ2) is 5.58. The zero-order chi connectivity index (χ0) is 14.7. The van der Waals surface area contributed by atoms with Gasteiger partial charge in [0.05, 0.1) is 22.4 Å². The highest BCUT2D eigenvalue weighted by atomic mass is 16.6. The van der Waals surface area contributed by atoms with Gasteiger partial charge in [0.25, 0.3) is 0 Å². The number of hydrogen-bond donors (Lipinski definition) is 1. The van der Waals surface area contributed by atoms with Crippen molar-refractivity contribution in [2.45, 2.75) is 6.54 Å². The lowest BCUT2D eigenvalue weighted by molar-refractivity contribution is -0.382. The van der Waals surface area contributed by atoms with E-state index < -0.39 is 0 Å². The molecule has 0 amide bonds. The molecule has 0 aliphatic rings. The van der Waals surface area contributed by atoms with Crippen LogP contribution in [0.2, 0.25) is 0 Å². The molecule has 0 spiro atoms. The number of nitrogens with one attached hydrogen (secondary N) is 1. The minimum Gasteiger partial charge on any atom is -0.378 e. The van der Waals surface area contributed by atoms with E-state index in [4.69, 9.17) is 0 Å². The van der Waals surface area contributed by atoms with Gasteiger partial charge in [-0.15, -0.1) is 0 Å². The van der Waals surface area contributed by atoms with Gasteiger partial charge < -0.3 is 5.32 Å². The number of pyridine rings is 1. The molecule has 7 nitrogen and oxygen atoms in total. The summed E-state index contributed by atoms with van der Waals surface area (Å²) in [6.07, 6.45) is 5.17. The molecule has 0 unspecified atom stereocenters. The average Bonchev–Trinajstić information content (AvgIpc) is 3.00. The highest BCUT2D eigenvalue weighted by molar-refractivity contribution is 5.94. The molecule has 21 heavy (non-hydrogen) atoms. The molecule has 3 aromatic rings. The van der Waals surface area contributed by atoms with Gasteiger partial charge in [-0.3, -0.25) is 19.8 Å². The fourth-order valence-corrected chi connectivity index (χ4v) is 2.21. The minimum atomic E-state index is -0.375. The van der Waals surface area contributed by atoms with Crippen molar-refractivity contribution in [1.82, 2.24) is 14.8 Å². The van der Waals surface area contributed by atoms with Crippen LogP contribution in [0.3, 0.4) is 0 Å². The van der Waals surface area contributed by atoms with E-state index >= 15 is 0 Å². The Bertz CT molecular complexity index is 770. The lowest BCUT2D eigenvalue weighted by Gasteiger charge is -2.09. The normalized spacial score (nSPS) is 10.7. The topological polar surface area (TPSA) is 85.9 Å². The molecular formula is C14H13N5O2. The Morgan fingerprint density at radius 1 is 1.24 bits per heavy atom. The van der Waals surface area contributed by atoms with Crippen LogP contribution < -0.4 is 5.32 Å². The van der Waals surface area contributed by atoms with E-state index in [2.05, 4.69) is 15.4 Å². The largest absolute Gasteiger partial charge is 0.378 e. The van der Waals surface area contributed by atoms with Gasteiger partial charge in [-0.2, -0.15) is 5.10 Å². The summed E-state index contributed by atoms with van der Waals surface area (Å²) in [4.78, 5) is 15.1. The summed E-state index contributed by atoms with van der Waals surface area (Å²) in [5.41, 5.74) is 1.16. The van der Waals surface area contributed by atoms with Crippen molar-refractivity contribution in [3.8, 4) is 0 Å². The number of fused-ring (bicyclic) bond motifs is 1. The van der Waals surface area contributed by atoms with E-state index in [1.165, 1.54) is 0 Å². The number of benzene rings is 1. The molecule has 0 aliphatic carbocycles. The number of hydrogen-bond acceptors (Lipinski definition) is 5. The molecule has 0 atom stereocenters. The van der Waals surface area contributed by atoms with Gasteiger partial charge in [-0.25, -0.2) is 0 Å². The van der Waals surface area contributed by atoms with Gasteiger partial charge in [-0.1, -0.05) is 0 Å². The van der Waals surface area contributed by atoms with Crippen LogP contribution in [0.15, 0.2) is 48.9 Å². The first-order valence-electron chi connectivity index (χ1n) is 6.49. The van der Waals surface area contributed by atoms with Crippen LogP contribution in [-0.4, -0.2) is 26.2 Å². The number of nitro groups is 1. The summed E-state index contributed by atoms with van der Waals surface area (Å²) in [5, 5.41) is 19.1. The van der Waals surface area contributed by atoms with Crippen LogP contribution in [0.4, 0.5) is 11.4 Å². The molecule has 0 saturated heterocycles. The zero-order valence-electron chi connectivity index (χ0n) is 11.1. The molecule has 0 radical (unpaired) electrons. The Labute approximate surface area is 120 Å². The molecule has 0 saturated carbocycles. The maximum Gasteiger partial charge on any atom is 0.301 e. The Hall–Kier alpha value is -2.96. The fraction of sp³-hybridized carbons (Fsp3) is 0.143. The average molecular weight is 283 g/mol. The fourth-order valence-electron chi connectivity index (χ4n) is 2.21. The summed E-state index contributed by atoms with van der Waals surface area (Å²) in [5.74, 6) is 0. The predicted octanol–water partition coefficient (Wildman–Crippen LogP) is 2.45. The SMILES string of the molecule is O=[N+]([O-])c1c(NCCn2cccn2)ccc2ncccc12. The third-order valence-corrected chi connectivity index (χ3v) is 3.15. The van der Waals surface area contributed by atoms with Crippen molar-refractivity contribution >= 4 is 22.3 Å². The van der Waals surface area contributed by atoms with E-state index in [0.29, 0.717) is 29.7 Å².